The number of aromatic nitrogens is 2. The molecule has 1 saturated heterocycles. The maximum atomic E-state index is 13.4. The van der Waals surface area contributed by atoms with Crippen LogP contribution in [0, 0.1) is 6.92 Å². The van der Waals surface area contributed by atoms with Gasteiger partial charge in [0.15, 0.2) is 0 Å². The van der Waals surface area contributed by atoms with Gasteiger partial charge in [0.1, 0.15) is 15.8 Å². The van der Waals surface area contributed by atoms with Crippen molar-refractivity contribution in [1.82, 2.24) is 14.3 Å². The molecule has 31 heavy (non-hydrogen) atoms. The highest BCUT2D eigenvalue weighted by Gasteiger charge is 2.31. The van der Waals surface area contributed by atoms with Gasteiger partial charge >= 0.3 is 0 Å². The minimum absolute atomic E-state index is 0.0862. The Morgan fingerprint density at radius 1 is 1.19 bits per heavy atom. The number of carbonyl (C=O) groups excluding carboxylic acids is 1. The molecule has 8 heteroatoms. The molecule has 158 valence electrons. The zero-order valence-electron chi connectivity index (χ0n) is 17.5. The third-order valence-electron chi connectivity index (χ3n) is 5.20. The third kappa shape index (κ3) is 4.00. The van der Waals surface area contributed by atoms with E-state index in [0.717, 1.165) is 11.1 Å². The molecule has 4 rings (SSSR count). The van der Waals surface area contributed by atoms with Crippen molar-refractivity contribution in [3.63, 3.8) is 0 Å². The summed E-state index contributed by atoms with van der Waals surface area (Å²) < 4.78 is 2.01. The topological polar surface area (TPSA) is 66.7 Å². The zero-order chi connectivity index (χ0) is 22.1. The van der Waals surface area contributed by atoms with Gasteiger partial charge in [-0.2, -0.15) is 0 Å². The van der Waals surface area contributed by atoms with Crippen molar-refractivity contribution in [2.45, 2.75) is 26.8 Å². The van der Waals surface area contributed by atoms with Crippen molar-refractivity contribution in [2.24, 2.45) is 0 Å². The number of pyridine rings is 1. The van der Waals surface area contributed by atoms with Gasteiger partial charge in [-0.1, -0.05) is 60.4 Å². The van der Waals surface area contributed by atoms with Crippen molar-refractivity contribution in [2.75, 3.05) is 11.9 Å². The van der Waals surface area contributed by atoms with Gasteiger partial charge in [-0.15, -0.1) is 0 Å². The van der Waals surface area contributed by atoms with Crippen LogP contribution >= 0.6 is 24.0 Å². The van der Waals surface area contributed by atoms with Gasteiger partial charge in [0, 0.05) is 18.8 Å². The number of thiocarbonyl (C=S) groups is 1. The summed E-state index contributed by atoms with van der Waals surface area (Å²) in [5.74, 6) is 0.255. The number of hydrogen-bond donors (Lipinski definition) is 1. The number of anilines is 1. The van der Waals surface area contributed by atoms with Crippen molar-refractivity contribution in [3.05, 3.63) is 80.6 Å². The molecule has 1 fully saturated rings. The molecule has 0 saturated carbocycles. The third-order valence-corrected chi connectivity index (χ3v) is 6.58. The summed E-state index contributed by atoms with van der Waals surface area (Å²) in [4.78, 5) is 32.9. The quantitative estimate of drug-likeness (QED) is 0.459. The maximum Gasteiger partial charge on any atom is 0.267 e. The van der Waals surface area contributed by atoms with E-state index in [1.807, 2.05) is 63.2 Å². The van der Waals surface area contributed by atoms with E-state index < -0.39 is 0 Å². The van der Waals surface area contributed by atoms with E-state index in [2.05, 4.69) is 5.32 Å². The number of fused-ring (bicyclic) bond motifs is 1. The first-order valence-corrected chi connectivity index (χ1v) is 11.2. The Kier molecular flexibility index (Phi) is 5.93. The Morgan fingerprint density at radius 2 is 1.94 bits per heavy atom. The number of thioether (sulfide) groups is 1. The highest BCUT2D eigenvalue weighted by atomic mass is 32.2. The predicted molar refractivity (Wildman–Crippen MR) is 130 cm³/mol. The van der Waals surface area contributed by atoms with Gasteiger partial charge in [-0.25, -0.2) is 4.98 Å². The van der Waals surface area contributed by atoms with E-state index in [-0.39, 0.29) is 17.5 Å². The maximum absolute atomic E-state index is 13.4. The molecule has 1 atom stereocenters. The van der Waals surface area contributed by atoms with E-state index >= 15 is 0 Å². The lowest BCUT2D eigenvalue weighted by atomic mass is 10.1. The molecule has 1 N–H and O–H groups in total. The van der Waals surface area contributed by atoms with Gasteiger partial charge in [0.05, 0.1) is 10.5 Å². The molecule has 0 aliphatic carbocycles. The summed E-state index contributed by atoms with van der Waals surface area (Å²) >= 11 is 6.52. The first-order chi connectivity index (χ1) is 14.9. The van der Waals surface area contributed by atoms with Crippen molar-refractivity contribution >= 4 is 51.7 Å². The van der Waals surface area contributed by atoms with Crippen molar-refractivity contribution in [3.8, 4) is 0 Å². The number of aryl methyl sites for hydroxylation is 1. The molecule has 6 nitrogen and oxygen atoms in total. The summed E-state index contributed by atoms with van der Waals surface area (Å²) in [6.45, 7) is 6.29. The monoisotopic (exact) mass is 450 g/mol. The average Bonchev–Trinajstić information content (AvgIpc) is 3.04. The Morgan fingerprint density at radius 3 is 2.61 bits per heavy atom. The molecule has 1 aromatic carbocycles. The van der Waals surface area contributed by atoms with E-state index in [1.54, 1.807) is 12.3 Å². The van der Waals surface area contributed by atoms with Crippen LogP contribution in [-0.2, 0) is 4.79 Å². The Balaban J connectivity index is 1.87. The highest BCUT2D eigenvalue weighted by molar-refractivity contribution is 8.26. The summed E-state index contributed by atoms with van der Waals surface area (Å²) in [6.07, 6.45) is 3.30. The fourth-order valence-corrected chi connectivity index (χ4v) is 4.85. The standard InChI is InChI=1S/C23H22N4O2S2/c1-4-26-22(29)18(31-23(26)30)13-17-19(24-15(3)16-10-6-5-7-11-16)25-20-14(2)9-8-12-27(20)21(17)28/h5-13,15,24H,4H2,1-3H3/b18-13-/t15-/m1/s1. The van der Waals surface area contributed by atoms with E-state index in [4.69, 9.17) is 17.2 Å². The minimum Gasteiger partial charge on any atom is -0.363 e. The molecule has 3 heterocycles. The Hall–Kier alpha value is -2.97. The fraction of sp³-hybridized carbons (Fsp3) is 0.217. The van der Waals surface area contributed by atoms with Gasteiger partial charge in [0.25, 0.3) is 11.5 Å². The lowest BCUT2D eigenvalue weighted by Gasteiger charge is -2.18. The van der Waals surface area contributed by atoms with Gasteiger partial charge in [-0.05, 0) is 44.0 Å². The molecule has 1 amide bonds. The first kappa shape index (κ1) is 21.3. The Bertz CT molecular complexity index is 1270. The molecule has 0 radical (unpaired) electrons. The van der Waals surface area contributed by atoms with Crippen molar-refractivity contribution < 1.29 is 4.79 Å². The molecule has 0 spiro atoms. The normalized spacial score (nSPS) is 16.4. The fourth-order valence-electron chi connectivity index (χ4n) is 3.49. The predicted octanol–water partition coefficient (Wildman–Crippen LogP) is 4.40. The molecular formula is C23H22N4O2S2. The van der Waals surface area contributed by atoms with Crippen LogP contribution in [0.3, 0.4) is 0 Å². The number of carbonyl (C=O) groups is 1. The van der Waals surface area contributed by atoms with Gasteiger partial charge in [-0.3, -0.25) is 18.9 Å². The first-order valence-electron chi connectivity index (χ1n) is 9.99. The molecular weight excluding hydrogens is 428 g/mol. The second-order valence-electron chi connectivity index (χ2n) is 7.27. The smallest absolute Gasteiger partial charge is 0.267 e. The minimum atomic E-state index is -0.238. The van der Waals surface area contributed by atoms with Crippen LogP contribution in [0.1, 0.15) is 36.6 Å². The number of hydrogen-bond acceptors (Lipinski definition) is 6. The molecule has 3 aromatic rings. The summed E-state index contributed by atoms with van der Waals surface area (Å²) in [7, 11) is 0. The van der Waals surface area contributed by atoms with Crippen LogP contribution in [0.25, 0.3) is 11.7 Å². The molecule has 2 aromatic heterocycles. The average molecular weight is 451 g/mol. The number of rotatable bonds is 5. The van der Waals surface area contributed by atoms with Crippen LogP contribution in [-0.4, -0.2) is 31.1 Å². The molecule has 0 unspecified atom stereocenters. The van der Waals surface area contributed by atoms with Crippen LogP contribution in [0.2, 0.25) is 0 Å². The van der Waals surface area contributed by atoms with Crippen LogP contribution in [0.5, 0.6) is 0 Å². The number of likely N-dealkylation sites (N-methyl/N-ethyl adjacent to an activating group) is 1. The lowest BCUT2D eigenvalue weighted by Crippen LogP contribution is -2.27. The van der Waals surface area contributed by atoms with Gasteiger partial charge in [0.2, 0.25) is 0 Å². The van der Waals surface area contributed by atoms with E-state index in [9.17, 15) is 9.59 Å². The highest BCUT2D eigenvalue weighted by Crippen LogP contribution is 2.33. The van der Waals surface area contributed by atoms with Crippen molar-refractivity contribution in [1.29, 1.82) is 0 Å². The van der Waals surface area contributed by atoms with E-state index in [0.29, 0.717) is 32.8 Å². The SMILES string of the molecule is CCN1C(=O)/C(=C/c2c(N[C@H](C)c3ccccc3)nc3c(C)cccn3c2=O)SC1=S. The summed E-state index contributed by atoms with van der Waals surface area (Å²) in [5, 5.41) is 3.38. The second kappa shape index (κ2) is 8.64. The van der Waals surface area contributed by atoms with Crippen LogP contribution in [0.4, 0.5) is 5.82 Å². The van der Waals surface area contributed by atoms with Crippen LogP contribution < -0.4 is 10.9 Å². The number of benzene rings is 1. The van der Waals surface area contributed by atoms with E-state index in [1.165, 1.54) is 21.1 Å². The summed E-state index contributed by atoms with van der Waals surface area (Å²) in [6, 6.07) is 13.6. The largest absolute Gasteiger partial charge is 0.363 e. The number of nitrogens with one attached hydrogen (secondary N) is 1. The lowest BCUT2D eigenvalue weighted by molar-refractivity contribution is -0.121. The summed E-state index contributed by atoms with van der Waals surface area (Å²) in [5.41, 5.74) is 2.63. The molecule has 1 aliphatic rings. The van der Waals surface area contributed by atoms with Crippen LogP contribution in [0.15, 0.2) is 58.4 Å². The Labute approximate surface area is 190 Å². The second-order valence-corrected chi connectivity index (χ2v) is 8.94. The number of nitrogens with zero attached hydrogens (tertiary/aromatic N) is 3. The molecule has 0 bridgehead atoms. The zero-order valence-corrected chi connectivity index (χ0v) is 19.1. The number of amides is 1. The van der Waals surface area contributed by atoms with Gasteiger partial charge < -0.3 is 5.32 Å². The molecule has 1 aliphatic heterocycles.